The van der Waals surface area contributed by atoms with Gasteiger partial charge in [-0.2, -0.15) is 5.10 Å². The van der Waals surface area contributed by atoms with Crippen molar-refractivity contribution in [3.63, 3.8) is 0 Å². The van der Waals surface area contributed by atoms with E-state index in [0.29, 0.717) is 22.5 Å². The summed E-state index contributed by atoms with van der Waals surface area (Å²) in [5, 5.41) is 10.5. The Bertz CT molecular complexity index is 1300. The van der Waals surface area contributed by atoms with Gasteiger partial charge in [-0.25, -0.2) is 9.37 Å². The maximum atomic E-state index is 15.2. The van der Waals surface area contributed by atoms with Crippen molar-refractivity contribution in [1.29, 1.82) is 0 Å². The highest BCUT2D eigenvalue weighted by Gasteiger charge is 2.17. The van der Waals surface area contributed by atoms with Crippen LogP contribution in [0.1, 0.15) is 5.56 Å². The normalized spacial score (nSPS) is 14.6. The lowest BCUT2D eigenvalue weighted by Gasteiger charge is -2.34. The van der Waals surface area contributed by atoms with Crippen molar-refractivity contribution in [2.75, 3.05) is 45.2 Å². The molecule has 2 aromatic carbocycles. The monoisotopic (exact) mass is 442 g/mol. The zero-order valence-corrected chi connectivity index (χ0v) is 18.9. The van der Waals surface area contributed by atoms with Crippen LogP contribution in [-0.4, -0.2) is 60.4 Å². The Morgan fingerprint density at radius 1 is 1.03 bits per heavy atom. The quantitative estimate of drug-likeness (QED) is 0.481. The fraction of sp³-hybridized carbons (Fsp3) is 0.231. The van der Waals surface area contributed by atoms with E-state index in [2.05, 4.69) is 63.2 Å². The van der Waals surface area contributed by atoms with Crippen molar-refractivity contribution in [2.24, 2.45) is 0 Å². The van der Waals surface area contributed by atoms with Gasteiger partial charge in [0.15, 0.2) is 0 Å². The molecular formula is C26H27FN6. The van der Waals surface area contributed by atoms with Crippen molar-refractivity contribution >= 4 is 22.4 Å². The van der Waals surface area contributed by atoms with Crippen LogP contribution < -0.4 is 10.2 Å². The summed E-state index contributed by atoms with van der Waals surface area (Å²) in [6.07, 6.45) is 0. The summed E-state index contributed by atoms with van der Waals surface area (Å²) in [5.41, 5.74) is 6.43. The smallest absolute Gasteiger partial charge is 0.141 e. The first-order valence-corrected chi connectivity index (χ1v) is 11.1. The molecule has 0 atom stereocenters. The molecule has 0 bridgehead atoms. The second-order valence-corrected chi connectivity index (χ2v) is 8.40. The Kier molecular flexibility index (Phi) is 5.56. The van der Waals surface area contributed by atoms with Gasteiger partial charge in [0.2, 0.25) is 0 Å². The van der Waals surface area contributed by atoms with Crippen LogP contribution in [0.2, 0.25) is 0 Å². The molecule has 0 amide bonds. The molecule has 33 heavy (non-hydrogen) atoms. The van der Waals surface area contributed by atoms with Gasteiger partial charge in [-0.1, -0.05) is 24.8 Å². The molecule has 1 saturated heterocycles. The number of anilines is 1. The summed E-state index contributed by atoms with van der Waals surface area (Å²) in [5.74, 6) is -0.342. The fourth-order valence-corrected chi connectivity index (χ4v) is 4.24. The molecule has 3 heterocycles. The topological polar surface area (TPSA) is 60.1 Å². The molecule has 168 valence electrons. The van der Waals surface area contributed by atoms with Crippen LogP contribution >= 0.6 is 0 Å². The lowest BCUT2D eigenvalue weighted by molar-refractivity contribution is 0.313. The van der Waals surface area contributed by atoms with Crippen LogP contribution in [0.5, 0.6) is 0 Å². The van der Waals surface area contributed by atoms with Gasteiger partial charge < -0.3 is 15.1 Å². The Morgan fingerprint density at radius 2 is 1.79 bits per heavy atom. The number of rotatable bonds is 5. The first-order valence-electron chi connectivity index (χ1n) is 11.1. The number of H-pyrrole nitrogens is 1. The fourth-order valence-electron chi connectivity index (χ4n) is 4.24. The third kappa shape index (κ3) is 3.96. The van der Waals surface area contributed by atoms with E-state index in [1.54, 1.807) is 19.2 Å². The van der Waals surface area contributed by atoms with Gasteiger partial charge in [-0.05, 0) is 43.4 Å². The summed E-state index contributed by atoms with van der Waals surface area (Å²) in [4.78, 5) is 9.53. The molecule has 7 heteroatoms. The molecule has 2 N–H and O–H groups in total. The van der Waals surface area contributed by atoms with Crippen LogP contribution in [0.25, 0.3) is 39.2 Å². The molecule has 0 spiro atoms. The Balaban J connectivity index is 1.49. The number of nitrogens with one attached hydrogen (secondary N) is 2. The molecule has 0 saturated carbocycles. The van der Waals surface area contributed by atoms with Gasteiger partial charge in [0.25, 0.3) is 0 Å². The molecular weight excluding hydrogens is 415 g/mol. The lowest BCUT2D eigenvalue weighted by Crippen LogP contribution is -2.44. The van der Waals surface area contributed by atoms with E-state index in [1.165, 1.54) is 5.69 Å². The van der Waals surface area contributed by atoms with E-state index >= 15 is 4.39 Å². The van der Waals surface area contributed by atoms with E-state index in [-0.39, 0.29) is 5.82 Å². The summed E-state index contributed by atoms with van der Waals surface area (Å²) >= 11 is 0. The van der Waals surface area contributed by atoms with E-state index < -0.39 is 0 Å². The van der Waals surface area contributed by atoms with Gasteiger partial charge in [-0.3, -0.25) is 5.10 Å². The zero-order chi connectivity index (χ0) is 22.9. The minimum Gasteiger partial charge on any atom is -0.388 e. The van der Waals surface area contributed by atoms with Gasteiger partial charge in [0.1, 0.15) is 17.0 Å². The molecule has 0 radical (unpaired) electrons. The van der Waals surface area contributed by atoms with Gasteiger partial charge >= 0.3 is 0 Å². The summed E-state index contributed by atoms with van der Waals surface area (Å²) < 4.78 is 15.2. The highest BCUT2D eigenvalue weighted by atomic mass is 19.1. The molecule has 1 fully saturated rings. The maximum absolute atomic E-state index is 15.2. The Labute approximate surface area is 192 Å². The van der Waals surface area contributed by atoms with Crippen LogP contribution in [0.15, 0.2) is 61.2 Å². The average Bonchev–Trinajstić information content (AvgIpc) is 3.27. The van der Waals surface area contributed by atoms with Crippen LogP contribution in [0, 0.1) is 5.82 Å². The van der Waals surface area contributed by atoms with Gasteiger partial charge in [0.05, 0.1) is 11.2 Å². The molecule has 2 aromatic heterocycles. The standard InChI is InChI=1S/C26H27FN6/c1-17(28-2)20-5-4-6-21(24(20)27)22-11-12-23-26(29-22)25(31-30-23)18-7-9-19(10-8-18)33-15-13-32(3)14-16-33/h4-12,28H,1,13-16H2,2-3H3,(H,30,31). The number of benzene rings is 2. The van der Waals surface area contributed by atoms with Crippen LogP contribution in [0.3, 0.4) is 0 Å². The van der Waals surface area contributed by atoms with Crippen molar-refractivity contribution in [2.45, 2.75) is 0 Å². The lowest BCUT2D eigenvalue weighted by atomic mass is 10.0. The molecule has 4 aromatic rings. The number of fused-ring (bicyclic) bond motifs is 1. The average molecular weight is 443 g/mol. The van der Waals surface area contributed by atoms with Gasteiger partial charge in [0, 0.05) is 61.3 Å². The summed E-state index contributed by atoms with van der Waals surface area (Å²) in [6, 6.07) is 17.4. The number of hydrogen-bond acceptors (Lipinski definition) is 5. The molecule has 0 unspecified atom stereocenters. The predicted octanol–water partition coefficient (Wildman–Crippen LogP) is 4.37. The molecule has 6 nitrogen and oxygen atoms in total. The first-order chi connectivity index (χ1) is 16.0. The van der Waals surface area contributed by atoms with Crippen molar-refractivity contribution < 1.29 is 4.39 Å². The SMILES string of the molecule is C=C(NC)c1cccc(-c2ccc3[nH]nc(-c4ccc(N5CCN(C)CC5)cc4)c3n2)c1F. The second-order valence-electron chi connectivity index (χ2n) is 8.40. The molecule has 5 rings (SSSR count). The second kappa shape index (κ2) is 8.67. The number of likely N-dealkylation sites (N-methyl/N-ethyl adjacent to an activating group) is 1. The highest BCUT2D eigenvalue weighted by molar-refractivity contribution is 5.91. The third-order valence-electron chi connectivity index (χ3n) is 6.32. The number of nitrogens with zero attached hydrogens (tertiary/aromatic N) is 4. The number of aromatic nitrogens is 3. The Hall–Kier alpha value is -3.71. The Morgan fingerprint density at radius 3 is 2.52 bits per heavy atom. The first kappa shape index (κ1) is 21.2. The maximum Gasteiger partial charge on any atom is 0.141 e. The number of piperazine rings is 1. The van der Waals surface area contributed by atoms with Crippen molar-refractivity contribution in [3.8, 4) is 22.5 Å². The van der Waals surface area contributed by atoms with Crippen molar-refractivity contribution in [3.05, 3.63) is 72.6 Å². The summed E-state index contributed by atoms with van der Waals surface area (Å²) in [6.45, 7) is 8.07. The van der Waals surface area contributed by atoms with Crippen LogP contribution in [-0.2, 0) is 0 Å². The number of halogens is 1. The molecule has 1 aliphatic heterocycles. The van der Waals surface area contributed by atoms with E-state index in [1.807, 2.05) is 18.2 Å². The van der Waals surface area contributed by atoms with Crippen molar-refractivity contribution in [1.82, 2.24) is 25.4 Å². The zero-order valence-electron chi connectivity index (χ0n) is 18.9. The minimum absolute atomic E-state index is 0.342. The number of aromatic amines is 1. The number of hydrogen-bond donors (Lipinski definition) is 2. The van der Waals surface area contributed by atoms with E-state index in [4.69, 9.17) is 4.98 Å². The predicted molar refractivity (Wildman–Crippen MR) is 133 cm³/mol. The van der Waals surface area contributed by atoms with Gasteiger partial charge in [-0.15, -0.1) is 0 Å². The number of pyridine rings is 1. The molecule has 0 aliphatic carbocycles. The highest BCUT2D eigenvalue weighted by Crippen LogP contribution is 2.31. The minimum atomic E-state index is -0.342. The summed E-state index contributed by atoms with van der Waals surface area (Å²) in [7, 11) is 3.88. The van der Waals surface area contributed by atoms with E-state index in [9.17, 15) is 0 Å². The van der Waals surface area contributed by atoms with Crippen LogP contribution in [0.4, 0.5) is 10.1 Å². The van der Waals surface area contributed by atoms with E-state index in [0.717, 1.165) is 48.5 Å². The third-order valence-corrected chi connectivity index (χ3v) is 6.32. The molecule has 1 aliphatic rings. The largest absolute Gasteiger partial charge is 0.388 e.